The standard InChI is InChI=1S/C15H17N3O3/c1-11(21-15(20)12-9-16-17(2)10-12)14(19)18(3)13-7-5-4-6-8-13/h4-11H,1-3H3. The van der Waals surface area contributed by atoms with Gasteiger partial charge in [-0.2, -0.15) is 5.10 Å². The minimum Gasteiger partial charge on any atom is -0.449 e. The van der Waals surface area contributed by atoms with Gasteiger partial charge in [-0.15, -0.1) is 0 Å². The van der Waals surface area contributed by atoms with Crippen LogP contribution in [0.3, 0.4) is 0 Å². The summed E-state index contributed by atoms with van der Waals surface area (Å²) in [7, 11) is 3.35. The van der Waals surface area contributed by atoms with Crippen molar-refractivity contribution in [2.45, 2.75) is 13.0 Å². The van der Waals surface area contributed by atoms with Crippen LogP contribution in [0, 0.1) is 0 Å². The Hall–Kier alpha value is -2.63. The molecule has 0 fully saturated rings. The number of para-hydroxylation sites is 1. The fourth-order valence-corrected chi connectivity index (χ4v) is 1.86. The Bertz CT molecular complexity index is 637. The number of ether oxygens (including phenoxy) is 1. The van der Waals surface area contributed by atoms with Crippen molar-refractivity contribution in [3.63, 3.8) is 0 Å². The van der Waals surface area contributed by atoms with Gasteiger partial charge in [-0.05, 0) is 19.1 Å². The summed E-state index contributed by atoms with van der Waals surface area (Å²) in [6, 6.07) is 9.17. The van der Waals surface area contributed by atoms with Gasteiger partial charge in [-0.3, -0.25) is 9.48 Å². The van der Waals surface area contributed by atoms with Crippen LogP contribution in [0.2, 0.25) is 0 Å². The molecule has 0 aliphatic carbocycles. The second-order valence-electron chi connectivity index (χ2n) is 4.68. The van der Waals surface area contributed by atoms with E-state index in [1.807, 2.05) is 30.3 Å². The highest BCUT2D eigenvalue weighted by molar-refractivity contribution is 5.98. The van der Waals surface area contributed by atoms with Crippen molar-refractivity contribution in [3.05, 3.63) is 48.3 Å². The van der Waals surface area contributed by atoms with E-state index < -0.39 is 12.1 Å². The number of benzene rings is 1. The molecule has 110 valence electrons. The van der Waals surface area contributed by atoms with Crippen LogP contribution in [0.1, 0.15) is 17.3 Å². The molecule has 0 saturated heterocycles. The second-order valence-corrected chi connectivity index (χ2v) is 4.68. The lowest BCUT2D eigenvalue weighted by Gasteiger charge is -2.21. The van der Waals surface area contributed by atoms with E-state index in [1.54, 1.807) is 27.2 Å². The lowest BCUT2D eigenvalue weighted by molar-refractivity contribution is -0.126. The van der Waals surface area contributed by atoms with Gasteiger partial charge in [0.25, 0.3) is 5.91 Å². The van der Waals surface area contributed by atoms with Crippen LogP contribution in [-0.4, -0.2) is 34.8 Å². The van der Waals surface area contributed by atoms with Gasteiger partial charge in [0, 0.05) is 26.0 Å². The molecule has 1 unspecified atom stereocenters. The summed E-state index contributed by atoms with van der Waals surface area (Å²) in [5.74, 6) is -0.858. The number of anilines is 1. The van der Waals surface area contributed by atoms with E-state index in [0.717, 1.165) is 5.69 Å². The Kier molecular flexibility index (Phi) is 4.37. The second kappa shape index (κ2) is 6.21. The molecule has 21 heavy (non-hydrogen) atoms. The monoisotopic (exact) mass is 287 g/mol. The van der Waals surface area contributed by atoms with Gasteiger partial charge in [-0.25, -0.2) is 4.79 Å². The van der Waals surface area contributed by atoms with E-state index in [0.29, 0.717) is 5.56 Å². The van der Waals surface area contributed by atoms with Crippen molar-refractivity contribution in [2.24, 2.45) is 7.05 Å². The van der Waals surface area contributed by atoms with Gasteiger partial charge in [0.1, 0.15) is 0 Å². The molecule has 0 bridgehead atoms. The number of hydrogen-bond donors (Lipinski definition) is 0. The van der Waals surface area contributed by atoms with Gasteiger partial charge >= 0.3 is 5.97 Å². The van der Waals surface area contributed by atoms with Crippen molar-refractivity contribution < 1.29 is 14.3 Å². The molecule has 1 heterocycles. The SMILES string of the molecule is CC(OC(=O)c1cnn(C)c1)C(=O)N(C)c1ccccc1. The fourth-order valence-electron chi connectivity index (χ4n) is 1.86. The molecule has 1 aromatic carbocycles. The molecule has 0 aliphatic heterocycles. The highest BCUT2D eigenvalue weighted by Gasteiger charge is 2.23. The molecule has 6 heteroatoms. The Balaban J connectivity index is 2.01. The zero-order chi connectivity index (χ0) is 15.4. The summed E-state index contributed by atoms with van der Waals surface area (Å²) in [6.45, 7) is 1.55. The van der Waals surface area contributed by atoms with Crippen LogP contribution >= 0.6 is 0 Å². The number of hydrogen-bond acceptors (Lipinski definition) is 4. The Morgan fingerprint density at radius 3 is 2.52 bits per heavy atom. The maximum atomic E-state index is 12.2. The summed E-state index contributed by atoms with van der Waals surface area (Å²) < 4.78 is 6.67. The van der Waals surface area contributed by atoms with Crippen molar-refractivity contribution in [1.29, 1.82) is 0 Å². The normalized spacial score (nSPS) is 11.8. The maximum absolute atomic E-state index is 12.2. The first kappa shape index (κ1) is 14.8. The number of amides is 1. The van der Waals surface area contributed by atoms with E-state index >= 15 is 0 Å². The quantitative estimate of drug-likeness (QED) is 0.802. The van der Waals surface area contributed by atoms with Gasteiger partial charge in [0.05, 0.1) is 11.8 Å². The van der Waals surface area contributed by atoms with Crippen molar-refractivity contribution in [3.8, 4) is 0 Å². The molecule has 1 amide bonds. The van der Waals surface area contributed by atoms with Gasteiger partial charge in [0.2, 0.25) is 0 Å². The predicted molar refractivity (Wildman–Crippen MR) is 77.9 cm³/mol. The summed E-state index contributed by atoms with van der Waals surface area (Å²) in [6.07, 6.45) is 2.07. The third-order valence-corrected chi connectivity index (χ3v) is 3.05. The van der Waals surface area contributed by atoms with Crippen molar-refractivity contribution in [2.75, 3.05) is 11.9 Å². The van der Waals surface area contributed by atoms with Crippen molar-refractivity contribution >= 4 is 17.6 Å². The largest absolute Gasteiger partial charge is 0.449 e. The molecular weight excluding hydrogens is 270 g/mol. The lowest BCUT2D eigenvalue weighted by atomic mass is 10.2. The molecule has 2 aromatic rings. The lowest BCUT2D eigenvalue weighted by Crippen LogP contribution is -2.37. The number of aryl methyl sites for hydroxylation is 1. The predicted octanol–water partition coefficient (Wildman–Crippen LogP) is 1.63. The number of carbonyl (C=O) groups is 2. The smallest absolute Gasteiger partial charge is 0.342 e. The Labute approximate surface area is 122 Å². The Morgan fingerprint density at radius 2 is 1.95 bits per heavy atom. The van der Waals surface area contributed by atoms with Crippen LogP contribution in [0.4, 0.5) is 5.69 Å². The molecule has 6 nitrogen and oxygen atoms in total. The van der Waals surface area contributed by atoms with E-state index in [1.165, 1.54) is 15.8 Å². The minimum absolute atomic E-state index is 0.293. The first-order valence-corrected chi connectivity index (χ1v) is 6.51. The average Bonchev–Trinajstić information content (AvgIpc) is 2.93. The van der Waals surface area contributed by atoms with Gasteiger partial charge < -0.3 is 9.64 Å². The van der Waals surface area contributed by atoms with E-state index in [4.69, 9.17) is 4.74 Å². The zero-order valence-electron chi connectivity index (χ0n) is 12.2. The van der Waals surface area contributed by atoms with Gasteiger partial charge in [0.15, 0.2) is 6.10 Å². The molecule has 0 saturated carbocycles. The van der Waals surface area contributed by atoms with Crippen LogP contribution in [0.5, 0.6) is 0 Å². The summed E-state index contributed by atoms with van der Waals surface area (Å²) in [5, 5.41) is 3.89. The minimum atomic E-state index is -0.872. The zero-order valence-corrected chi connectivity index (χ0v) is 12.2. The third-order valence-electron chi connectivity index (χ3n) is 3.05. The Morgan fingerprint density at radius 1 is 1.29 bits per heavy atom. The summed E-state index contributed by atoms with van der Waals surface area (Å²) in [5.41, 5.74) is 1.06. The van der Waals surface area contributed by atoms with E-state index in [2.05, 4.69) is 5.10 Å². The molecule has 0 aliphatic rings. The summed E-state index contributed by atoms with van der Waals surface area (Å²) in [4.78, 5) is 25.6. The summed E-state index contributed by atoms with van der Waals surface area (Å²) >= 11 is 0. The molecular formula is C15H17N3O3. The fraction of sp³-hybridized carbons (Fsp3) is 0.267. The van der Waals surface area contributed by atoms with Crippen LogP contribution in [0.25, 0.3) is 0 Å². The molecule has 0 radical (unpaired) electrons. The first-order valence-electron chi connectivity index (χ1n) is 6.51. The molecule has 1 atom stereocenters. The molecule has 0 spiro atoms. The highest BCUT2D eigenvalue weighted by atomic mass is 16.5. The van der Waals surface area contributed by atoms with E-state index in [-0.39, 0.29) is 5.91 Å². The topological polar surface area (TPSA) is 64.4 Å². The molecule has 1 aromatic heterocycles. The number of nitrogens with zero attached hydrogens (tertiary/aromatic N) is 3. The van der Waals surface area contributed by atoms with Crippen molar-refractivity contribution in [1.82, 2.24) is 9.78 Å². The highest BCUT2D eigenvalue weighted by Crippen LogP contribution is 2.13. The van der Waals surface area contributed by atoms with Gasteiger partial charge in [-0.1, -0.05) is 18.2 Å². The van der Waals surface area contributed by atoms with Crippen LogP contribution < -0.4 is 4.90 Å². The third kappa shape index (κ3) is 3.47. The average molecular weight is 287 g/mol. The number of esters is 1. The van der Waals surface area contributed by atoms with Crippen LogP contribution in [-0.2, 0) is 16.6 Å². The van der Waals surface area contributed by atoms with Crippen LogP contribution in [0.15, 0.2) is 42.7 Å². The number of likely N-dealkylation sites (N-methyl/N-ethyl adjacent to an activating group) is 1. The molecule has 2 rings (SSSR count). The first-order chi connectivity index (χ1) is 9.99. The number of aromatic nitrogens is 2. The maximum Gasteiger partial charge on any atom is 0.342 e. The number of rotatable bonds is 4. The number of carbonyl (C=O) groups excluding carboxylic acids is 2. The molecule has 0 N–H and O–H groups in total. The van der Waals surface area contributed by atoms with E-state index in [9.17, 15) is 9.59 Å².